The molecule has 0 bridgehead atoms. The maximum Gasteiger partial charge on any atom is 1.00 e. The summed E-state index contributed by atoms with van der Waals surface area (Å²) in [5.41, 5.74) is 1.02. The van der Waals surface area contributed by atoms with Crippen molar-refractivity contribution in [3.05, 3.63) is 40.4 Å². The van der Waals surface area contributed by atoms with Gasteiger partial charge in [0.15, 0.2) is 0 Å². The minimum absolute atomic E-state index is 0. The third-order valence-electron chi connectivity index (χ3n) is 2.18. The van der Waals surface area contributed by atoms with Crippen LogP contribution in [0.2, 0.25) is 5.02 Å². The number of carbonyl (C=O) groups excluding carboxylic acids is 2. The van der Waals surface area contributed by atoms with E-state index < -0.39 is 17.5 Å². The smallest absolute Gasteiger partial charge is 0.872 e. The van der Waals surface area contributed by atoms with Gasteiger partial charge in [-0.1, -0.05) is 29.5 Å². The average molecular weight is 291 g/mol. The molecule has 0 aromatic heterocycles. The Bertz CT molecular complexity index is 511. The van der Waals surface area contributed by atoms with E-state index in [1.165, 1.54) is 6.07 Å². The van der Waals surface area contributed by atoms with E-state index in [1.54, 1.807) is 26.0 Å². The zero-order valence-corrected chi connectivity index (χ0v) is 13.8. The molecule has 0 saturated carbocycles. The van der Waals surface area contributed by atoms with Crippen molar-refractivity contribution in [2.75, 3.05) is 6.61 Å². The Kier molecular flexibility index (Phi) is 8.02. The summed E-state index contributed by atoms with van der Waals surface area (Å²) in [4.78, 5) is 22.3. The normalized spacial score (nSPS) is 10.6. The van der Waals surface area contributed by atoms with Gasteiger partial charge in [-0.2, -0.15) is 0 Å². The van der Waals surface area contributed by atoms with Gasteiger partial charge in [0.05, 0.1) is 6.61 Å². The van der Waals surface area contributed by atoms with E-state index >= 15 is 0 Å². The van der Waals surface area contributed by atoms with Crippen LogP contribution in [0.15, 0.2) is 24.3 Å². The molecule has 0 N–H and O–H groups in total. The molecule has 0 aliphatic rings. The van der Waals surface area contributed by atoms with Crippen molar-refractivity contribution in [3.63, 3.8) is 0 Å². The molecular weight excluding hydrogens is 279 g/mol. The van der Waals surface area contributed by atoms with Crippen LogP contribution in [0.5, 0.6) is 0 Å². The topological polar surface area (TPSA) is 66.4 Å². The third-order valence-corrected chi connectivity index (χ3v) is 2.61. The summed E-state index contributed by atoms with van der Waals surface area (Å²) in [5, 5.41) is 12.2. The van der Waals surface area contributed by atoms with E-state index in [-0.39, 0.29) is 36.2 Å². The quantitative estimate of drug-likeness (QED) is 0.222. The van der Waals surface area contributed by atoms with Crippen molar-refractivity contribution in [3.8, 4) is 0 Å². The summed E-state index contributed by atoms with van der Waals surface area (Å²) < 4.78 is 4.49. The van der Waals surface area contributed by atoms with E-state index in [2.05, 4.69) is 4.74 Å². The molecule has 0 aliphatic carbocycles. The molecule has 1 aromatic rings. The van der Waals surface area contributed by atoms with Crippen molar-refractivity contribution in [2.45, 2.75) is 13.8 Å². The van der Waals surface area contributed by atoms with Gasteiger partial charge in [0.2, 0.25) is 0 Å². The molecule has 0 aliphatic heterocycles. The largest absolute Gasteiger partial charge is 1.00 e. The number of hydrogen-bond acceptors (Lipinski definition) is 4. The first-order chi connectivity index (χ1) is 8.45. The van der Waals surface area contributed by atoms with Crippen LogP contribution in [-0.4, -0.2) is 18.4 Å². The zero-order chi connectivity index (χ0) is 13.7. The number of esters is 1. The molecule has 6 heteroatoms. The second kappa shape index (κ2) is 8.38. The zero-order valence-electron chi connectivity index (χ0n) is 11.0. The number of carbonyl (C=O) groups is 2. The fraction of sp³-hybridized carbons (Fsp3) is 0.231. The summed E-state index contributed by atoms with van der Waals surface area (Å²) in [5.74, 6) is -2.54. The Morgan fingerprint density at radius 1 is 1.42 bits per heavy atom. The van der Waals surface area contributed by atoms with Gasteiger partial charge in [-0.05, 0) is 37.1 Å². The summed E-state index contributed by atoms with van der Waals surface area (Å²) in [6.45, 7) is 3.41. The van der Waals surface area contributed by atoms with Gasteiger partial charge in [-0.3, -0.25) is 4.79 Å². The Labute approximate surface area is 138 Å². The van der Waals surface area contributed by atoms with Crippen LogP contribution >= 0.6 is 11.6 Å². The fourth-order valence-electron chi connectivity index (χ4n) is 1.26. The monoisotopic (exact) mass is 290 g/mol. The number of benzene rings is 1. The number of halogens is 1. The summed E-state index contributed by atoms with van der Waals surface area (Å²) in [6.07, 6.45) is 0.723. The van der Waals surface area contributed by atoms with Crippen molar-refractivity contribution in [1.29, 1.82) is 0 Å². The SMILES string of the molecule is CCOC(=O)C(=O)/C=C(\[O-])c1ccc(Cl)c(C)c1.[Na+]. The number of hydrogen-bond donors (Lipinski definition) is 0. The predicted octanol–water partition coefficient (Wildman–Crippen LogP) is -1.51. The first kappa shape index (κ1) is 18.2. The van der Waals surface area contributed by atoms with Crippen molar-refractivity contribution in [1.82, 2.24) is 0 Å². The second-order valence-corrected chi connectivity index (χ2v) is 3.96. The van der Waals surface area contributed by atoms with Crippen LogP contribution in [0.25, 0.3) is 5.76 Å². The number of ether oxygens (including phenoxy) is 1. The molecule has 1 rings (SSSR count). The van der Waals surface area contributed by atoms with Gasteiger partial charge in [0, 0.05) is 5.02 Å². The number of aryl methyl sites for hydroxylation is 1. The van der Waals surface area contributed by atoms with Gasteiger partial charge in [0.1, 0.15) is 0 Å². The van der Waals surface area contributed by atoms with Gasteiger partial charge < -0.3 is 9.84 Å². The van der Waals surface area contributed by atoms with Gasteiger partial charge in [0.25, 0.3) is 5.78 Å². The van der Waals surface area contributed by atoms with Crippen molar-refractivity contribution < 1.29 is 49.0 Å². The number of ketones is 1. The van der Waals surface area contributed by atoms with Gasteiger partial charge in [-0.25, -0.2) is 4.79 Å². The summed E-state index contributed by atoms with van der Waals surface area (Å²) >= 11 is 5.82. The molecule has 19 heavy (non-hydrogen) atoms. The van der Waals surface area contributed by atoms with Crippen LogP contribution in [0.4, 0.5) is 0 Å². The first-order valence-corrected chi connectivity index (χ1v) is 5.69. The molecular formula is C13H12ClNaO4. The van der Waals surface area contributed by atoms with E-state index in [9.17, 15) is 14.7 Å². The van der Waals surface area contributed by atoms with Crippen molar-refractivity contribution in [2.24, 2.45) is 0 Å². The molecule has 0 heterocycles. The molecule has 0 radical (unpaired) electrons. The molecule has 0 amide bonds. The van der Waals surface area contributed by atoms with E-state index in [0.717, 1.165) is 11.6 Å². The van der Waals surface area contributed by atoms with Crippen LogP contribution in [-0.2, 0) is 14.3 Å². The van der Waals surface area contributed by atoms with Crippen LogP contribution in [0.1, 0.15) is 18.1 Å². The second-order valence-electron chi connectivity index (χ2n) is 3.56. The molecule has 0 unspecified atom stereocenters. The Balaban J connectivity index is 0.00000324. The fourth-order valence-corrected chi connectivity index (χ4v) is 1.38. The molecule has 0 fully saturated rings. The summed E-state index contributed by atoms with van der Waals surface area (Å²) in [7, 11) is 0. The van der Waals surface area contributed by atoms with E-state index in [0.29, 0.717) is 10.6 Å². The van der Waals surface area contributed by atoms with Gasteiger partial charge in [-0.15, -0.1) is 0 Å². The molecule has 0 saturated heterocycles. The molecule has 1 aromatic carbocycles. The van der Waals surface area contributed by atoms with E-state index in [4.69, 9.17) is 11.6 Å². The maximum atomic E-state index is 11.7. The average Bonchev–Trinajstić information content (AvgIpc) is 2.32. The third kappa shape index (κ3) is 5.37. The Morgan fingerprint density at radius 2 is 2.05 bits per heavy atom. The van der Waals surface area contributed by atoms with E-state index in [1.807, 2.05) is 0 Å². The summed E-state index contributed by atoms with van der Waals surface area (Å²) in [6, 6.07) is 4.61. The van der Waals surface area contributed by atoms with Crippen LogP contribution < -0.4 is 34.7 Å². The Hall–Kier alpha value is -0.810. The molecule has 96 valence electrons. The van der Waals surface area contributed by atoms with Crippen molar-refractivity contribution >= 4 is 29.1 Å². The maximum absolute atomic E-state index is 11.7. The van der Waals surface area contributed by atoms with Crippen LogP contribution in [0, 0.1) is 6.92 Å². The van der Waals surface area contributed by atoms with Crippen LogP contribution in [0.3, 0.4) is 0 Å². The van der Waals surface area contributed by atoms with Gasteiger partial charge >= 0.3 is 35.5 Å². The molecule has 4 nitrogen and oxygen atoms in total. The molecule has 0 spiro atoms. The minimum Gasteiger partial charge on any atom is -0.872 e. The molecule has 0 atom stereocenters. The minimum atomic E-state index is -1.03. The Morgan fingerprint density at radius 3 is 2.58 bits per heavy atom. The predicted molar refractivity (Wildman–Crippen MR) is 65.8 cm³/mol. The standard InChI is InChI=1S/C13H13ClO4.Na/c1-3-18-13(17)12(16)7-11(15)9-4-5-10(14)8(2)6-9;/h4-7,15H,3H2,1-2H3;/q;+1/p-1/b11-7-;. The number of rotatable bonds is 4. The first-order valence-electron chi connectivity index (χ1n) is 5.32.